The lowest BCUT2D eigenvalue weighted by atomic mass is 9.99. The molecule has 0 saturated carbocycles. The quantitative estimate of drug-likeness (QED) is 0.187. The van der Waals surface area contributed by atoms with E-state index in [2.05, 4.69) is 17.4 Å². The maximum atomic E-state index is 11.8. The second-order valence-corrected chi connectivity index (χ2v) is 9.66. The topological polar surface area (TPSA) is 124 Å². The zero-order valence-electron chi connectivity index (χ0n) is 19.7. The van der Waals surface area contributed by atoms with Crippen LogP contribution in [-0.2, 0) is 20.8 Å². The van der Waals surface area contributed by atoms with Crippen molar-refractivity contribution in [3.05, 3.63) is 95.6 Å². The zero-order valence-corrected chi connectivity index (χ0v) is 20.5. The number of carboxylic acids is 2. The Hall–Kier alpha value is -3.62. The van der Waals surface area contributed by atoms with E-state index in [0.717, 1.165) is 22.4 Å². The molecule has 0 aliphatic heterocycles. The number of rotatable bonds is 13. The third kappa shape index (κ3) is 8.87. The first-order valence-electron chi connectivity index (χ1n) is 11.6. The summed E-state index contributed by atoms with van der Waals surface area (Å²) in [6, 6.07) is 25.1. The molecule has 0 aliphatic carbocycles. The lowest BCUT2D eigenvalue weighted by molar-refractivity contribution is -0.140. The van der Waals surface area contributed by atoms with Crippen molar-refractivity contribution in [2.45, 2.75) is 48.4 Å². The number of amides is 1. The van der Waals surface area contributed by atoms with E-state index in [-0.39, 0.29) is 11.7 Å². The van der Waals surface area contributed by atoms with Crippen molar-refractivity contribution in [3.63, 3.8) is 0 Å². The Morgan fingerprint density at radius 1 is 0.833 bits per heavy atom. The summed E-state index contributed by atoms with van der Waals surface area (Å²) in [5.41, 5.74) is 3.70. The minimum absolute atomic E-state index is 0.0183. The molecule has 2 unspecified atom stereocenters. The maximum Gasteiger partial charge on any atom is 0.312 e. The highest BCUT2D eigenvalue weighted by Crippen LogP contribution is 2.40. The number of anilines is 1. The lowest BCUT2D eigenvalue weighted by Crippen LogP contribution is -2.17. The molecule has 3 aromatic rings. The van der Waals surface area contributed by atoms with E-state index in [1.807, 2.05) is 48.5 Å². The maximum absolute atomic E-state index is 11.8. The minimum atomic E-state index is -1.21. The van der Waals surface area contributed by atoms with E-state index in [9.17, 15) is 19.5 Å². The first-order chi connectivity index (χ1) is 17.3. The molecule has 8 heteroatoms. The number of aliphatic carboxylic acids is 2. The second kappa shape index (κ2) is 13.5. The molecule has 0 saturated heterocycles. The van der Waals surface area contributed by atoms with Crippen molar-refractivity contribution >= 4 is 35.3 Å². The van der Waals surface area contributed by atoms with Gasteiger partial charge in [-0.1, -0.05) is 60.7 Å². The Balaban J connectivity index is 1.77. The van der Waals surface area contributed by atoms with Gasteiger partial charge in [-0.2, -0.15) is 0 Å². The van der Waals surface area contributed by atoms with Gasteiger partial charge >= 0.3 is 11.9 Å². The van der Waals surface area contributed by atoms with Gasteiger partial charge < -0.3 is 20.6 Å². The summed E-state index contributed by atoms with van der Waals surface area (Å²) in [5, 5.41) is 31.0. The van der Waals surface area contributed by atoms with E-state index in [4.69, 9.17) is 10.2 Å². The number of carbonyl (C=O) groups is 3. The van der Waals surface area contributed by atoms with Crippen molar-refractivity contribution in [2.24, 2.45) is 0 Å². The van der Waals surface area contributed by atoms with Crippen molar-refractivity contribution in [3.8, 4) is 0 Å². The SMILES string of the molecule is O=C(O)CCCC(O)C(Sc1cccc(NC(=O)CC(=O)O)c1)c1ccc(Cc2ccccc2)cc1. The van der Waals surface area contributed by atoms with Gasteiger partial charge in [0.05, 0.1) is 11.4 Å². The number of aliphatic hydroxyl groups excluding tert-OH is 1. The summed E-state index contributed by atoms with van der Waals surface area (Å²) in [4.78, 5) is 34.3. The average molecular weight is 508 g/mol. The highest BCUT2D eigenvalue weighted by atomic mass is 32.2. The number of hydrogen-bond donors (Lipinski definition) is 4. The van der Waals surface area contributed by atoms with Crippen LogP contribution in [0.15, 0.2) is 83.8 Å². The Morgan fingerprint density at radius 3 is 2.19 bits per heavy atom. The Labute approximate surface area is 214 Å². The summed E-state index contributed by atoms with van der Waals surface area (Å²) in [7, 11) is 0. The normalized spacial score (nSPS) is 12.5. The Morgan fingerprint density at radius 2 is 1.53 bits per heavy atom. The molecule has 0 heterocycles. The molecular formula is C28H29NO6S. The number of carbonyl (C=O) groups excluding carboxylic acids is 1. The van der Waals surface area contributed by atoms with Crippen LogP contribution in [0.4, 0.5) is 5.69 Å². The van der Waals surface area contributed by atoms with Crippen LogP contribution in [0.1, 0.15) is 47.6 Å². The monoisotopic (exact) mass is 507 g/mol. The number of carboxylic acid groups (broad SMARTS) is 2. The van der Waals surface area contributed by atoms with Gasteiger partial charge in [-0.05, 0) is 54.2 Å². The van der Waals surface area contributed by atoms with Gasteiger partial charge in [-0.3, -0.25) is 14.4 Å². The molecule has 0 radical (unpaired) electrons. The third-order valence-electron chi connectivity index (χ3n) is 5.49. The summed E-state index contributed by atoms with van der Waals surface area (Å²) in [6.07, 6.45) is 0.0284. The van der Waals surface area contributed by atoms with Crippen LogP contribution in [0, 0.1) is 0 Å². The highest BCUT2D eigenvalue weighted by Gasteiger charge is 2.23. The Bertz CT molecular complexity index is 1170. The molecule has 188 valence electrons. The Kier molecular flexibility index (Phi) is 10.1. The molecule has 2 atom stereocenters. The van der Waals surface area contributed by atoms with Gasteiger partial charge in [-0.15, -0.1) is 11.8 Å². The van der Waals surface area contributed by atoms with Crippen molar-refractivity contribution in [1.29, 1.82) is 0 Å². The van der Waals surface area contributed by atoms with Gasteiger partial charge in [0.15, 0.2) is 0 Å². The predicted octanol–water partition coefficient (Wildman–Crippen LogP) is 5.14. The van der Waals surface area contributed by atoms with E-state index >= 15 is 0 Å². The molecule has 0 aromatic heterocycles. The number of aliphatic hydroxyl groups is 1. The van der Waals surface area contributed by atoms with Gasteiger partial charge in [0.2, 0.25) is 5.91 Å². The second-order valence-electron chi connectivity index (χ2n) is 8.44. The van der Waals surface area contributed by atoms with Crippen LogP contribution in [0.2, 0.25) is 0 Å². The van der Waals surface area contributed by atoms with Crippen LogP contribution in [0.5, 0.6) is 0 Å². The first kappa shape index (κ1) is 27.0. The molecule has 0 bridgehead atoms. The van der Waals surface area contributed by atoms with Crippen LogP contribution in [0.25, 0.3) is 0 Å². The molecular weight excluding hydrogens is 478 g/mol. The molecule has 1 amide bonds. The molecule has 0 aliphatic rings. The molecule has 0 fully saturated rings. The van der Waals surface area contributed by atoms with Crippen molar-refractivity contribution < 1.29 is 29.7 Å². The molecule has 3 aromatic carbocycles. The largest absolute Gasteiger partial charge is 0.481 e. The number of benzene rings is 3. The van der Waals surface area contributed by atoms with Crippen LogP contribution < -0.4 is 5.32 Å². The average Bonchev–Trinajstić information content (AvgIpc) is 2.83. The fourth-order valence-corrected chi connectivity index (χ4v) is 5.01. The van der Waals surface area contributed by atoms with Crippen LogP contribution in [-0.4, -0.2) is 39.3 Å². The third-order valence-corrected chi connectivity index (χ3v) is 6.86. The molecule has 7 nitrogen and oxygen atoms in total. The summed E-state index contributed by atoms with van der Waals surface area (Å²) in [6.45, 7) is 0. The number of thioether (sulfide) groups is 1. The van der Waals surface area contributed by atoms with Gasteiger partial charge in [0.25, 0.3) is 0 Å². The van der Waals surface area contributed by atoms with E-state index in [1.54, 1.807) is 18.2 Å². The van der Waals surface area contributed by atoms with E-state index < -0.39 is 30.4 Å². The predicted molar refractivity (Wildman–Crippen MR) is 139 cm³/mol. The van der Waals surface area contributed by atoms with Gasteiger partial charge in [0.1, 0.15) is 6.42 Å². The van der Waals surface area contributed by atoms with Gasteiger partial charge in [0, 0.05) is 17.0 Å². The molecule has 36 heavy (non-hydrogen) atoms. The van der Waals surface area contributed by atoms with Crippen molar-refractivity contribution in [1.82, 2.24) is 0 Å². The van der Waals surface area contributed by atoms with Crippen molar-refractivity contribution in [2.75, 3.05) is 5.32 Å². The summed E-state index contributed by atoms with van der Waals surface area (Å²) >= 11 is 1.41. The fourth-order valence-electron chi connectivity index (χ4n) is 3.78. The standard InChI is InChI=1S/C28H29NO6S/c30-24(10-5-11-26(32)33)28(21-14-12-20(13-15-21)16-19-6-2-1-3-7-19)36-23-9-4-8-22(17-23)29-25(31)18-27(34)35/h1-4,6-9,12-15,17,24,28,30H,5,10-11,16,18H2,(H,29,31)(H,32,33)(H,34,35). The van der Waals surface area contributed by atoms with Gasteiger partial charge in [-0.25, -0.2) is 0 Å². The lowest BCUT2D eigenvalue weighted by Gasteiger charge is -2.23. The zero-order chi connectivity index (χ0) is 25.9. The summed E-state index contributed by atoms with van der Waals surface area (Å²) in [5.74, 6) is -2.73. The molecule has 3 rings (SSSR count). The smallest absolute Gasteiger partial charge is 0.312 e. The van der Waals surface area contributed by atoms with E-state index in [0.29, 0.717) is 18.5 Å². The van der Waals surface area contributed by atoms with Crippen LogP contribution in [0.3, 0.4) is 0 Å². The summed E-state index contributed by atoms with van der Waals surface area (Å²) < 4.78 is 0. The van der Waals surface area contributed by atoms with E-state index in [1.165, 1.54) is 17.3 Å². The number of hydrogen-bond acceptors (Lipinski definition) is 5. The highest BCUT2D eigenvalue weighted by molar-refractivity contribution is 7.99. The fraction of sp³-hybridized carbons (Fsp3) is 0.250. The molecule has 0 spiro atoms. The number of nitrogens with one attached hydrogen (secondary N) is 1. The first-order valence-corrected chi connectivity index (χ1v) is 12.5. The molecule has 4 N–H and O–H groups in total. The minimum Gasteiger partial charge on any atom is -0.481 e. The van der Waals surface area contributed by atoms with Crippen LogP contribution >= 0.6 is 11.8 Å².